The van der Waals surface area contributed by atoms with Crippen LogP contribution < -0.4 is 0 Å². The van der Waals surface area contributed by atoms with E-state index in [4.69, 9.17) is 4.74 Å². The number of rotatable bonds is 4. The molecule has 0 amide bonds. The highest BCUT2D eigenvalue weighted by molar-refractivity contribution is 6.18. The highest BCUT2D eigenvalue weighted by Crippen LogP contribution is 2.28. The molecule has 0 saturated carbocycles. The van der Waals surface area contributed by atoms with Gasteiger partial charge in [0, 0.05) is 11.1 Å². The van der Waals surface area contributed by atoms with E-state index in [2.05, 4.69) is 5.16 Å². The smallest absolute Gasteiger partial charge is 0.349 e. The lowest BCUT2D eigenvalue weighted by Crippen LogP contribution is -2.45. The molecule has 0 radical (unpaired) electrons. The molecule has 5 nitrogen and oxygen atoms in total. The second kappa shape index (κ2) is 6.19. The van der Waals surface area contributed by atoms with E-state index < -0.39 is 11.6 Å². The Kier molecular flexibility index (Phi) is 4.35. The molecule has 0 spiro atoms. The predicted molar refractivity (Wildman–Crippen MR) is 77.1 cm³/mol. The molecule has 2 aromatic carbocycles. The minimum absolute atomic E-state index is 0.193. The molecule has 1 unspecified atom stereocenters. The molecule has 0 bridgehead atoms. The summed E-state index contributed by atoms with van der Waals surface area (Å²) in [6.45, 7) is 0. The Bertz CT molecular complexity index is 640. The van der Waals surface area contributed by atoms with Gasteiger partial charge in [-0.15, -0.1) is 0 Å². The lowest BCUT2D eigenvalue weighted by molar-refractivity contribution is -0.156. The molecule has 2 aromatic rings. The quantitative estimate of drug-likeness (QED) is 0.389. The van der Waals surface area contributed by atoms with Crippen molar-refractivity contribution < 1.29 is 19.8 Å². The van der Waals surface area contributed by atoms with Gasteiger partial charge in [-0.3, -0.25) is 0 Å². The van der Waals surface area contributed by atoms with Crippen LogP contribution in [0.15, 0.2) is 65.8 Å². The molecule has 21 heavy (non-hydrogen) atoms. The molecule has 5 heteroatoms. The van der Waals surface area contributed by atoms with Crippen molar-refractivity contribution in [1.82, 2.24) is 0 Å². The van der Waals surface area contributed by atoms with Gasteiger partial charge in [0.1, 0.15) is 5.71 Å². The Morgan fingerprint density at radius 2 is 1.57 bits per heavy atom. The molecule has 0 aliphatic rings. The molecule has 2 N–H and O–H groups in total. The highest BCUT2D eigenvalue weighted by Gasteiger charge is 2.45. The lowest BCUT2D eigenvalue weighted by Gasteiger charge is -2.26. The summed E-state index contributed by atoms with van der Waals surface area (Å²) in [5.41, 5.74) is -1.71. The van der Waals surface area contributed by atoms with E-state index in [9.17, 15) is 15.1 Å². The monoisotopic (exact) mass is 285 g/mol. The number of benzene rings is 2. The van der Waals surface area contributed by atoms with Gasteiger partial charge in [-0.1, -0.05) is 65.8 Å². The second-order valence-corrected chi connectivity index (χ2v) is 4.38. The third-order valence-corrected chi connectivity index (χ3v) is 3.16. The van der Waals surface area contributed by atoms with E-state index in [0.29, 0.717) is 5.56 Å². The van der Waals surface area contributed by atoms with Crippen molar-refractivity contribution in [3.05, 3.63) is 71.8 Å². The topological polar surface area (TPSA) is 79.1 Å². The van der Waals surface area contributed by atoms with E-state index >= 15 is 0 Å². The minimum atomic E-state index is -2.19. The van der Waals surface area contributed by atoms with Crippen LogP contribution in [0.5, 0.6) is 0 Å². The number of oxime groups is 1. The molecule has 108 valence electrons. The summed E-state index contributed by atoms with van der Waals surface area (Å²) in [5, 5.41) is 23.4. The maximum Gasteiger partial charge on any atom is 0.349 e. The number of methoxy groups -OCH3 is 1. The number of aliphatic hydroxyl groups is 1. The largest absolute Gasteiger partial charge is 0.466 e. The molecule has 0 fully saturated rings. The van der Waals surface area contributed by atoms with Crippen LogP contribution in [0.3, 0.4) is 0 Å². The minimum Gasteiger partial charge on any atom is -0.466 e. The van der Waals surface area contributed by atoms with E-state index in [1.54, 1.807) is 60.7 Å². The molecular formula is C16H15NO4. The zero-order valence-electron chi connectivity index (χ0n) is 11.4. The number of ether oxygens (including phenoxy) is 1. The van der Waals surface area contributed by atoms with Crippen LogP contribution in [0, 0.1) is 0 Å². The van der Waals surface area contributed by atoms with Crippen molar-refractivity contribution >= 4 is 11.7 Å². The van der Waals surface area contributed by atoms with Gasteiger partial charge in [-0.05, 0) is 0 Å². The SMILES string of the molecule is COC(=O)C(O)(C(=NO)c1ccccc1)c1ccccc1. The van der Waals surface area contributed by atoms with Gasteiger partial charge >= 0.3 is 5.97 Å². The summed E-state index contributed by atoms with van der Waals surface area (Å²) in [7, 11) is 1.16. The number of carbonyl (C=O) groups excluding carboxylic acids is 1. The lowest BCUT2D eigenvalue weighted by atomic mass is 9.85. The van der Waals surface area contributed by atoms with E-state index in [0.717, 1.165) is 7.11 Å². The van der Waals surface area contributed by atoms with Gasteiger partial charge in [-0.2, -0.15) is 0 Å². The zero-order chi connectivity index (χ0) is 15.3. The first kappa shape index (κ1) is 14.7. The molecule has 0 aliphatic heterocycles. The summed E-state index contributed by atoms with van der Waals surface area (Å²) in [5.74, 6) is -0.926. The van der Waals surface area contributed by atoms with Crippen LogP contribution in [0.1, 0.15) is 11.1 Å². The van der Waals surface area contributed by atoms with Crippen LogP contribution in [0.25, 0.3) is 0 Å². The summed E-state index contributed by atoms with van der Waals surface area (Å²) < 4.78 is 4.69. The molecule has 0 aromatic heterocycles. The van der Waals surface area contributed by atoms with Crippen LogP contribution in [0.2, 0.25) is 0 Å². The van der Waals surface area contributed by atoms with Crippen molar-refractivity contribution in [3.8, 4) is 0 Å². The fourth-order valence-corrected chi connectivity index (χ4v) is 2.11. The van der Waals surface area contributed by atoms with Crippen molar-refractivity contribution in [3.63, 3.8) is 0 Å². The third kappa shape index (κ3) is 2.64. The Labute approximate surface area is 122 Å². The Morgan fingerprint density at radius 1 is 1.05 bits per heavy atom. The summed E-state index contributed by atoms with van der Waals surface area (Å²) >= 11 is 0. The molecular weight excluding hydrogens is 270 g/mol. The normalized spacial score (nSPS) is 14.3. The summed E-state index contributed by atoms with van der Waals surface area (Å²) in [6.07, 6.45) is 0. The fraction of sp³-hybridized carbons (Fsp3) is 0.125. The van der Waals surface area contributed by atoms with E-state index in [1.165, 1.54) is 0 Å². The number of hydrogen-bond acceptors (Lipinski definition) is 5. The average Bonchev–Trinajstić information content (AvgIpc) is 2.56. The molecule has 0 heterocycles. The molecule has 1 atom stereocenters. The van der Waals surface area contributed by atoms with Crippen molar-refractivity contribution in [1.29, 1.82) is 0 Å². The Hall–Kier alpha value is -2.66. The van der Waals surface area contributed by atoms with Crippen molar-refractivity contribution in [2.24, 2.45) is 5.16 Å². The maximum atomic E-state index is 12.1. The first-order valence-corrected chi connectivity index (χ1v) is 6.29. The van der Waals surface area contributed by atoms with Crippen LogP contribution in [-0.4, -0.2) is 29.1 Å². The van der Waals surface area contributed by atoms with Crippen molar-refractivity contribution in [2.75, 3.05) is 7.11 Å². The van der Waals surface area contributed by atoms with Gasteiger partial charge in [-0.25, -0.2) is 4.79 Å². The van der Waals surface area contributed by atoms with Gasteiger partial charge in [0.2, 0.25) is 5.60 Å². The number of nitrogens with zero attached hydrogens (tertiary/aromatic N) is 1. The number of carbonyl (C=O) groups is 1. The third-order valence-electron chi connectivity index (χ3n) is 3.16. The highest BCUT2D eigenvalue weighted by atomic mass is 16.5. The van der Waals surface area contributed by atoms with E-state index in [1.807, 2.05) is 0 Å². The first-order valence-electron chi connectivity index (χ1n) is 6.29. The zero-order valence-corrected chi connectivity index (χ0v) is 11.4. The van der Waals surface area contributed by atoms with E-state index in [-0.39, 0.29) is 11.3 Å². The number of esters is 1. The van der Waals surface area contributed by atoms with Gasteiger partial charge in [0.25, 0.3) is 0 Å². The summed E-state index contributed by atoms with van der Waals surface area (Å²) in [6, 6.07) is 16.7. The molecule has 0 saturated heterocycles. The van der Waals surface area contributed by atoms with Crippen LogP contribution in [0.4, 0.5) is 0 Å². The average molecular weight is 285 g/mol. The first-order chi connectivity index (χ1) is 10.1. The standard InChI is InChI=1S/C16H15NO4/c1-21-15(18)16(19,13-10-6-3-7-11-13)14(17-20)12-8-4-2-5-9-12/h2-11,19-20H,1H3. The van der Waals surface area contributed by atoms with Crippen LogP contribution >= 0.6 is 0 Å². The number of hydrogen-bond donors (Lipinski definition) is 2. The molecule has 0 aliphatic carbocycles. The Morgan fingerprint density at radius 3 is 2.05 bits per heavy atom. The van der Waals surface area contributed by atoms with Crippen molar-refractivity contribution in [2.45, 2.75) is 5.60 Å². The second-order valence-electron chi connectivity index (χ2n) is 4.38. The fourth-order valence-electron chi connectivity index (χ4n) is 2.11. The Balaban J connectivity index is 2.63. The predicted octanol–water partition coefficient (Wildman–Crippen LogP) is 1.93. The molecule has 2 rings (SSSR count). The summed E-state index contributed by atoms with van der Waals surface area (Å²) in [4.78, 5) is 12.1. The maximum absolute atomic E-state index is 12.1. The van der Waals surface area contributed by atoms with Gasteiger partial charge < -0.3 is 15.1 Å². The van der Waals surface area contributed by atoms with Gasteiger partial charge in [0.15, 0.2) is 0 Å². The van der Waals surface area contributed by atoms with Crippen LogP contribution in [-0.2, 0) is 15.1 Å². The van der Waals surface area contributed by atoms with Gasteiger partial charge in [0.05, 0.1) is 7.11 Å².